The molecule has 180 valence electrons. The Hall–Kier alpha value is -4.07. The topological polar surface area (TPSA) is 82.6 Å². The number of nitrogens with zero attached hydrogens (tertiary/aromatic N) is 2. The van der Waals surface area contributed by atoms with Crippen LogP contribution in [0.5, 0.6) is 23.0 Å². The third-order valence-electron chi connectivity index (χ3n) is 5.53. The molecule has 5 aromatic rings. The summed E-state index contributed by atoms with van der Waals surface area (Å²) in [5, 5.41) is 5.08. The van der Waals surface area contributed by atoms with Gasteiger partial charge in [-0.3, -0.25) is 14.8 Å². The van der Waals surface area contributed by atoms with Crippen LogP contribution in [0.2, 0.25) is 10.0 Å². The number of ether oxygens (including phenoxy) is 3. The molecule has 0 atom stereocenters. The fraction of sp³-hybridized carbons (Fsp3) is 0.0741. The van der Waals surface area contributed by atoms with E-state index in [1.807, 2.05) is 24.3 Å². The lowest BCUT2D eigenvalue weighted by Crippen LogP contribution is -2.12. The third kappa shape index (κ3) is 4.71. The molecule has 2 aromatic heterocycles. The number of halogens is 2. The van der Waals surface area contributed by atoms with E-state index in [0.29, 0.717) is 49.8 Å². The van der Waals surface area contributed by atoms with Crippen molar-refractivity contribution >= 4 is 56.6 Å². The molecule has 0 saturated carbocycles. The zero-order valence-electron chi connectivity index (χ0n) is 19.2. The van der Waals surface area contributed by atoms with Gasteiger partial charge in [-0.25, -0.2) is 0 Å². The lowest BCUT2D eigenvalue weighted by molar-refractivity contribution is 0.102. The van der Waals surface area contributed by atoms with Crippen molar-refractivity contribution in [2.24, 2.45) is 0 Å². The first-order chi connectivity index (χ1) is 17.4. The summed E-state index contributed by atoms with van der Waals surface area (Å²) in [6.07, 6.45) is 3.18. The van der Waals surface area contributed by atoms with E-state index >= 15 is 0 Å². The first-order valence-electron chi connectivity index (χ1n) is 10.8. The molecular weight excluding hydrogens is 501 g/mol. The Labute approximate surface area is 216 Å². The minimum absolute atomic E-state index is 0.324. The summed E-state index contributed by atoms with van der Waals surface area (Å²) in [5.41, 5.74) is 2.34. The summed E-state index contributed by atoms with van der Waals surface area (Å²) < 4.78 is 17.0. The predicted molar refractivity (Wildman–Crippen MR) is 141 cm³/mol. The second kappa shape index (κ2) is 9.89. The Balaban J connectivity index is 1.44. The van der Waals surface area contributed by atoms with Crippen molar-refractivity contribution in [1.29, 1.82) is 0 Å². The van der Waals surface area contributed by atoms with Gasteiger partial charge in [0.2, 0.25) is 0 Å². The van der Waals surface area contributed by atoms with Gasteiger partial charge in [0, 0.05) is 34.9 Å². The van der Waals surface area contributed by atoms with E-state index < -0.39 is 0 Å². The average molecular weight is 520 g/mol. The van der Waals surface area contributed by atoms with Crippen LogP contribution in [0.15, 0.2) is 73.1 Å². The highest BCUT2D eigenvalue weighted by Gasteiger charge is 2.13. The summed E-state index contributed by atoms with van der Waals surface area (Å²) in [6.45, 7) is 0. The molecule has 1 amide bonds. The van der Waals surface area contributed by atoms with E-state index in [1.54, 1.807) is 56.8 Å². The molecule has 5 rings (SSSR count). The summed E-state index contributed by atoms with van der Waals surface area (Å²) >= 11 is 12.0. The quantitative estimate of drug-likeness (QED) is 0.256. The van der Waals surface area contributed by atoms with Crippen molar-refractivity contribution in [2.45, 2.75) is 0 Å². The van der Waals surface area contributed by atoms with Gasteiger partial charge >= 0.3 is 0 Å². The van der Waals surface area contributed by atoms with E-state index in [4.69, 9.17) is 37.4 Å². The van der Waals surface area contributed by atoms with E-state index in [0.717, 1.165) is 16.3 Å². The number of hydrogen-bond donors (Lipinski definition) is 1. The van der Waals surface area contributed by atoms with Crippen LogP contribution in [-0.2, 0) is 0 Å². The number of hydrogen-bond acceptors (Lipinski definition) is 6. The molecule has 0 unspecified atom stereocenters. The highest BCUT2D eigenvalue weighted by atomic mass is 35.5. The van der Waals surface area contributed by atoms with Crippen LogP contribution in [0.3, 0.4) is 0 Å². The fourth-order valence-electron chi connectivity index (χ4n) is 3.74. The number of benzene rings is 3. The Morgan fingerprint density at radius 2 is 1.61 bits per heavy atom. The maximum Gasteiger partial charge on any atom is 0.257 e. The number of pyridine rings is 2. The van der Waals surface area contributed by atoms with Crippen molar-refractivity contribution in [2.75, 3.05) is 19.5 Å². The van der Waals surface area contributed by atoms with Crippen LogP contribution < -0.4 is 19.5 Å². The number of fused-ring (bicyclic) bond motifs is 2. The SMILES string of the molecule is COc1cc2nccc(Oc3ccc4ncc(C(=O)Nc5ccc(Cl)c(Cl)c5)cc4c3)c2cc1OC. The minimum atomic E-state index is -0.324. The van der Waals surface area contributed by atoms with Crippen molar-refractivity contribution in [1.82, 2.24) is 9.97 Å². The van der Waals surface area contributed by atoms with Gasteiger partial charge in [0.05, 0.1) is 40.9 Å². The van der Waals surface area contributed by atoms with Gasteiger partial charge in [-0.05, 0) is 54.6 Å². The van der Waals surface area contributed by atoms with Gasteiger partial charge in [0.25, 0.3) is 5.91 Å². The minimum Gasteiger partial charge on any atom is -0.493 e. The molecule has 0 aliphatic heterocycles. The number of aromatic nitrogens is 2. The molecule has 0 spiro atoms. The molecule has 0 radical (unpaired) electrons. The van der Waals surface area contributed by atoms with E-state index in [2.05, 4.69) is 15.3 Å². The summed E-state index contributed by atoms with van der Waals surface area (Å²) in [7, 11) is 3.15. The predicted octanol–water partition coefficient (Wildman–Crippen LogP) is 7.15. The Morgan fingerprint density at radius 3 is 2.39 bits per heavy atom. The van der Waals surface area contributed by atoms with Crippen molar-refractivity contribution < 1.29 is 19.0 Å². The third-order valence-corrected chi connectivity index (χ3v) is 6.27. The number of rotatable bonds is 6. The highest BCUT2D eigenvalue weighted by Crippen LogP contribution is 2.37. The van der Waals surface area contributed by atoms with Crippen LogP contribution in [-0.4, -0.2) is 30.1 Å². The second-order valence-electron chi connectivity index (χ2n) is 7.80. The molecule has 0 saturated heterocycles. The van der Waals surface area contributed by atoms with E-state index in [9.17, 15) is 4.79 Å². The average Bonchev–Trinajstić information content (AvgIpc) is 2.89. The number of carbonyl (C=O) groups excluding carboxylic acids is 1. The molecule has 0 fully saturated rings. The van der Waals surface area contributed by atoms with Gasteiger partial charge in [-0.15, -0.1) is 0 Å². The second-order valence-corrected chi connectivity index (χ2v) is 8.61. The molecule has 0 aliphatic carbocycles. The van der Waals surface area contributed by atoms with E-state index in [1.165, 1.54) is 6.20 Å². The summed E-state index contributed by atoms with van der Waals surface area (Å²) in [4.78, 5) is 21.6. The molecule has 7 nitrogen and oxygen atoms in total. The van der Waals surface area contributed by atoms with Gasteiger partial charge in [0.1, 0.15) is 11.5 Å². The molecule has 3 aromatic carbocycles. The Morgan fingerprint density at radius 1 is 0.806 bits per heavy atom. The van der Waals surface area contributed by atoms with Crippen molar-refractivity contribution in [3.8, 4) is 23.0 Å². The zero-order chi connectivity index (χ0) is 25.2. The molecule has 2 heterocycles. The molecular formula is C27H19Cl2N3O4. The van der Waals surface area contributed by atoms with Gasteiger partial charge in [0.15, 0.2) is 11.5 Å². The van der Waals surface area contributed by atoms with Crippen molar-refractivity contribution in [3.05, 3.63) is 88.7 Å². The van der Waals surface area contributed by atoms with E-state index in [-0.39, 0.29) is 5.91 Å². The fourth-order valence-corrected chi connectivity index (χ4v) is 4.04. The van der Waals surface area contributed by atoms with Crippen molar-refractivity contribution in [3.63, 3.8) is 0 Å². The molecule has 36 heavy (non-hydrogen) atoms. The first-order valence-corrected chi connectivity index (χ1v) is 11.6. The molecule has 9 heteroatoms. The lowest BCUT2D eigenvalue weighted by Gasteiger charge is -2.13. The zero-order valence-corrected chi connectivity index (χ0v) is 20.7. The standard InChI is InChI=1S/C27H19Cl2N3O4/c1-34-25-12-19-23(13-26(25)35-2)30-8-7-24(19)36-18-4-6-22-15(10-18)9-16(14-31-22)27(33)32-17-3-5-20(28)21(29)11-17/h3-14H,1-2H3,(H,32,33). The molecule has 1 N–H and O–H groups in total. The number of carbonyl (C=O) groups is 1. The largest absolute Gasteiger partial charge is 0.493 e. The summed E-state index contributed by atoms with van der Waals surface area (Å²) in [5.74, 6) is 2.01. The van der Waals surface area contributed by atoms with Gasteiger partial charge < -0.3 is 19.5 Å². The number of anilines is 1. The molecule has 0 bridgehead atoms. The van der Waals surface area contributed by atoms with Crippen LogP contribution >= 0.6 is 23.2 Å². The maximum absolute atomic E-state index is 12.8. The Kier molecular flexibility index (Phi) is 6.50. The smallest absolute Gasteiger partial charge is 0.257 e. The van der Waals surface area contributed by atoms with Gasteiger partial charge in [-0.1, -0.05) is 23.2 Å². The van der Waals surface area contributed by atoms with Crippen LogP contribution in [0.4, 0.5) is 5.69 Å². The van der Waals surface area contributed by atoms with Gasteiger partial charge in [-0.2, -0.15) is 0 Å². The normalized spacial score (nSPS) is 10.9. The maximum atomic E-state index is 12.8. The first kappa shape index (κ1) is 23.7. The number of amides is 1. The Bertz CT molecular complexity index is 1620. The summed E-state index contributed by atoms with van der Waals surface area (Å²) in [6, 6.07) is 17.5. The highest BCUT2D eigenvalue weighted by molar-refractivity contribution is 6.42. The van der Waals surface area contributed by atoms with Crippen LogP contribution in [0.1, 0.15) is 10.4 Å². The number of methoxy groups -OCH3 is 2. The molecule has 0 aliphatic rings. The number of nitrogens with one attached hydrogen (secondary N) is 1. The van der Waals surface area contributed by atoms with Crippen LogP contribution in [0, 0.1) is 0 Å². The lowest BCUT2D eigenvalue weighted by atomic mass is 10.1. The van der Waals surface area contributed by atoms with Crippen LogP contribution in [0.25, 0.3) is 21.8 Å². The monoisotopic (exact) mass is 519 g/mol.